The summed E-state index contributed by atoms with van der Waals surface area (Å²) in [5.74, 6) is 2.69. The fraction of sp³-hybridized carbons (Fsp3) is 0.308. The average Bonchev–Trinajstić information content (AvgIpc) is 3.42. The van der Waals surface area contributed by atoms with E-state index in [9.17, 15) is 4.79 Å². The number of benzene rings is 2. The van der Waals surface area contributed by atoms with Crippen LogP contribution in [-0.2, 0) is 10.2 Å². The van der Waals surface area contributed by atoms with E-state index in [-0.39, 0.29) is 17.7 Å². The van der Waals surface area contributed by atoms with Gasteiger partial charge in [0.1, 0.15) is 5.75 Å². The first-order chi connectivity index (χ1) is 16.9. The Morgan fingerprint density at radius 3 is 2.74 bits per heavy atom. The molecule has 35 heavy (non-hydrogen) atoms. The highest BCUT2D eigenvalue weighted by atomic mass is 16.5. The van der Waals surface area contributed by atoms with Gasteiger partial charge < -0.3 is 20.1 Å². The van der Waals surface area contributed by atoms with Gasteiger partial charge in [0.2, 0.25) is 5.91 Å². The zero-order valence-electron chi connectivity index (χ0n) is 20.0. The molecule has 0 bridgehead atoms. The highest BCUT2D eigenvalue weighted by Gasteiger charge is 2.65. The van der Waals surface area contributed by atoms with Gasteiger partial charge in [0.25, 0.3) is 5.88 Å². The third-order valence-electron chi connectivity index (χ3n) is 7.09. The standard InChI is InChI=1S/C26H26N6O3/c1-13(2)21-12-27-24(35-4)23(28-21)30-22-16-7-5-14(9-20(16)31-32-22)18-11-26(18)17-10-15(34-3)6-8-19(17)29-25(26)33/h5-10,12-13,18H,11H2,1-4H3,(H,29,33)(H2,28,30,31,32)/t18-,26-/m0/s1. The van der Waals surface area contributed by atoms with Gasteiger partial charge in [-0.05, 0) is 53.8 Å². The maximum absolute atomic E-state index is 13.0. The van der Waals surface area contributed by atoms with E-state index in [2.05, 4.69) is 56.8 Å². The Labute approximate surface area is 202 Å². The third-order valence-corrected chi connectivity index (χ3v) is 7.09. The predicted molar refractivity (Wildman–Crippen MR) is 133 cm³/mol. The first kappa shape index (κ1) is 21.4. The highest BCUT2D eigenvalue weighted by molar-refractivity contribution is 6.10. The lowest BCUT2D eigenvalue weighted by Gasteiger charge is -2.11. The number of anilines is 3. The number of rotatable bonds is 6. The molecule has 3 N–H and O–H groups in total. The van der Waals surface area contributed by atoms with Gasteiger partial charge in [-0.2, -0.15) is 5.10 Å². The summed E-state index contributed by atoms with van der Waals surface area (Å²) < 4.78 is 10.8. The number of carbonyl (C=O) groups is 1. The molecule has 9 nitrogen and oxygen atoms in total. The van der Waals surface area contributed by atoms with E-state index in [1.54, 1.807) is 20.4 Å². The number of aromatic amines is 1. The number of methoxy groups -OCH3 is 2. The van der Waals surface area contributed by atoms with E-state index in [0.29, 0.717) is 17.5 Å². The first-order valence-corrected chi connectivity index (χ1v) is 11.6. The maximum atomic E-state index is 13.0. The Morgan fingerprint density at radius 2 is 1.97 bits per heavy atom. The van der Waals surface area contributed by atoms with Crippen LogP contribution in [0.4, 0.5) is 17.3 Å². The zero-order chi connectivity index (χ0) is 24.3. The molecule has 1 saturated carbocycles. The van der Waals surface area contributed by atoms with E-state index in [1.165, 1.54) is 0 Å². The fourth-order valence-electron chi connectivity index (χ4n) is 5.06. The molecule has 4 aromatic rings. The molecule has 178 valence electrons. The monoisotopic (exact) mass is 470 g/mol. The maximum Gasteiger partial charge on any atom is 0.257 e. The Morgan fingerprint density at radius 1 is 1.11 bits per heavy atom. The molecule has 2 aromatic heterocycles. The number of carbonyl (C=O) groups excluding carboxylic acids is 1. The number of amides is 1. The molecule has 1 fully saturated rings. The second kappa shape index (κ2) is 7.69. The van der Waals surface area contributed by atoms with Crippen LogP contribution < -0.4 is 20.1 Å². The van der Waals surface area contributed by atoms with Crippen LogP contribution in [0.1, 0.15) is 48.9 Å². The number of hydrogen-bond donors (Lipinski definition) is 3. The number of fused-ring (bicyclic) bond motifs is 3. The van der Waals surface area contributed by atoms with Gasteiger partial charge in [-0.25, -0.2) is 9.97 Å². The molecule has 2 atom stereocenters. The van der Waals surface area contributed by atoms with Crippen LogP contribution in [0.25, 0.3) is 10.9 Å². The van der Waals surface area contributed by atoms with Gasteiger partial charge in [0.05, 0.1) is 37.0 Å². The Kier molecular flexibility index (Phi) is 4.70. The van der Waals surface area contributed by atoms with E-state index >= 15 is 0 Å². The van der Waals surface area contributed by atoms with Gasteiger partial charge in [-0.15, -0.1) is 0 Å². The molecule has 0 saturated heterocycles. The van der Waals surface area contributed by atoms with Crippen molar-refractivity contribution in [2.45, 2.75) is 37.5 Å². The Hall–Kier alpha value is -4.14. The van der Waals surface area contributed by atoms with E-state index in [1.807, 2.05) is 24.3 Å². The third kappa shape index (κ3) is 3.22. The van der Waals surface area contributed by atoms with Crippen LogP contribution in [0.3, 0.4) is 0 Å². The van der Waals surface area contributed by atoms with Gasteiger partial charge in [0.15, 0.2) is 11.6 Å². The predicted octanol–water partition coefficient (Wildman–Crippen LogP) is 4.61. The summed E-state index contributed by atoms with van der Waals surface area (Å²) in [6, 6.07) is 11.9. The van der Waals surface area contributed by atoms with Crippen molar-refractivity contribution in [2.24, 2.45) is 0 Å². The van der Waals surface area contributed by atoms with Crippen LogP contribution in [0.15, 0.2) is 42.6 Å². The Balaban J connectivity index is 1.32. The van der Waals surface area contributed by atoms with Crippen molar-refractivity contribution >= 4 is 34.1 Å². The molecule has 0 unspecified atom stereocenters. The van der Waals surface area contributed by atoms with Crippen molar-refractivity contribution < 1.29 is 14.3 Å². The summed E-state index contributed by atoms with van der Waals surface area (Å²) in [5, 5.41) is 14.8. The van der Waals surface area contributed by atoms with Crippen molar-refractivity contribution in [3.63, 3.8) is 0 Å². The quantitative estimate of drug-likeness (QED) is 0.377. The lowest BCUT2D eigenvalue weighted by Crippen LogP contribution is -2.21. The minimum absolute atomic E-state index is 0.0496. The van der Waals surface area contributed by atoms with Crippen molar-refractivity contribution in [3.8, 4) is 11.6 Å². The van der Waals surface area contributed by atoms with Crippen LogP contribution in [0.2, 0.25) is 0 Å². The van der Waals surface area contributed by atoms with E-state index in [0.717, 1.165) is 45.6 Å². The molecule has 0 radical (unpaired) electrons. The van der Waals surface area contributed by atoms with Crippen LogP contribution in [-0.4, -0.2) is 40.3 Å². The molecule has 9 heteroatoms. The number of nitrogens with one attached hydrogen (secondary N) is 3. The molecule has 3 heterocycles. The molecule has 2 aromatic carbocycles. The first-order valence-electron chi connectivity index (χ1n) is 11.6. The van der Waals surface area contributed by atoms with Crippen molar-refractivity contribution in [1.29, 1.82) is 0 Å². The normalized spacial score (nSPS) is 20.3. The summed E-state index contributed by atoms with van der Waals surface area (Å²) in [6.07, 6.45) is 2.49. The van der Waals surface area contributed by atoms with Gasteiger partial charge >= 0.3 is 0 Å². The van der Waals surface area contributed by atoms with E-state index < -0.39 is 5.41 Å². The number of hydrogen-bond acceptors (Lipinski definition) is 7. The second-order valence-corrected chi connectivity index (χ2v) is 9.40. The number of nitrogens with zero attached hydrogens (tertiary/aromatic N) is 3. The Bertz CT molecular complexity index is 1480. The van der Waals surface area contributed by atoms with Gasteiger partial charge in [-0.1, -0.05) is 19.9 Å². The van der Waals surface area contributed by atoms with Gasteiger partial charge in [-0.3, -0.25) is 9.89 Å². The van der Waals surface area contributed by atoms with Crippen molar-refractivity contribution in [2.75, 3.05) is 24.9 Å². The molecule has 1 spiro atoms. The average molecular weight is 471 g/mol. The topological polar surface area (TPSA) is 114 Å². The largest absolute Gasteiger partial charge is 0.497 e. The molecule has 1 aliphatic carbocycles. The highest BCUT2D eigenvalue weighted by Crippen LogP contribution is 2.65. The lowest BCUT2D eigenvalue weighted by molar-refractivity contribution is -0.118. The zero-order valence-corrected chi connectivity index (χ0v) is 20.0. The van der Waals surface area contributed by atoms with Crippen LogP contribution in [0.5, 0.6) is 11.6 Å². The summed E-state index contributed by atoms with van der Waals surface area (Å²) in [7, 11) is 3.21. The summed E-state index contributed by atoms with van der Waals surface area (Å²) in [6.45, 7) is 4.13. The summed E-state index contributed by atoms with van der Waals surface area (Å²) in [5.41, 5.74) is 4.17. The molecular formula is C26H26N6O3. The van der Waals surface area contributed by atoms with Crippen LogP contribution in [0, 0.1) is 0 Å². The minimum Gasteiger partial charge on any atom is -0.497 e. The summed E-state index contributed by atoms with van der Waals surface area (Å²) >= 11 is 0. The molecule has 6 rings (SSSR count). The smallest absolute Gasteiger partial charge is 0.257 e. The lowest BCUT2D eigenvalue weighted by atomic mass is 9.91. The molecular weight excluding hydrogens is 444 g/mol. The molecule has 1 aliphatic heterocycles. The van der Waals surface area contributed by atoms with E-state index in [4.69, 9.17) is 9.47 Å². The van der Waals surface area contributed by atoms with Crippen LogP contribution >= 0.6 is 0 Å². The van der Waals surface area contributed by atoms with Crippen molar-refractivity contribution in [1.82, 2.24) is 20.2 Å². The second-order valence-electron chi connectivity index (χ2n) is 9.40. The van der Waals surface area contributed by atoms with Gasteiger partial charge in [0, 0.05) is 17.0 Å². The number of ether oxygens (including phenoxy) is 2. The van der Waals surface area contributed by atoms with Crippen molar-refractivity contribution in [3.05, 3.63) is 59.4 Å². The minimum atomic E-state index is -0.543. The fourth-order valence-corrected chi connectivity index (χ4v) is 5.06. The number of H-pyrrole nitrogens is 1. The summed E-state index contributed by atoms with van der Waals surface area (Å²) in [4.78, 5) is 22.0. The number of aromatic nitrogens is 4. The SMILES string of the molecule is COc1ccc2c(c1)[C@]1(C[C@H]1c1ccc3c(Nc4nc(C(C)C)cnc4OC)n[nH]c3c1)C(=O)N2. The molecule has 1 amide bonds. The molecule has 2 aliphatic rings.